The summed E-state index contributed by atoms with van der Waals surface area (Å²) in [5.74, 6) is -0.451. The minimum absolute atomic E-state index is 0.331. The lowest BCUT2D eigenvalue weighted by Crippen LogP contribution is -2.29. The van der Waals surface area contributed by atoms with Crippen LogP contribution in [0.5, 0.6) is 5.75 Å². The van der Waals surface area contributed by atoms with Crippen LogP contribution in [0.15, 0.2) is 42.7 Å². The van der Waals surface area contributed by atoms with Crippen LogP contribution in [0.25, 0.3) is 0 Å². The number of rotatable bonds is 3. The predicted octanol–water partition coefficient (Wildman–Crippen LogP) is 1.82. The summed E-state index contributed by atoms with van der Waals surface area (Å²) in [5, 5.41) is 0. The maximum Gasteiger partial charge on any atom is 0.299 e. The Morgan fingerprint density at radius 2 is 2.10 bits per heavy atom. The average molecular weight is 268 g/mol. The van der Waals surface area contributed by atoms with Crippen molar-refractivity contribution in [1.29, 1.82) is 0 Å². The first kappa shape index (κ1) is 12.3. The quantitative estimate of drug-likeness (QED) is 0.797. The van der Waals surface area contributed by atoms with Crippen LogP contribution in [0.2, 0.25) is 0 Å². The lowest BCUT2D eigenvalue weighted by Gasteiger charge is -2.16. The molecular weight excluding hydrogens is 256 g/mol. The van der Waals surface area contributed by atoms with Crippen LogP contribution in [0.3, 0.4) is 0 Å². The summed E-state index contributed by atoms with van der Waals surface area (Å²) >= 11 is 0. The summed E-state index contributed by atoms with van der Waals surface area (Å²) in [4.78, 5) is 29.6. The third kappa shape index (κ3) is 1.93. The number of benzene rings is 1. The molecule has 0 spiro atoms. The van der Waals surface area contributed by atoms with Gasteiger partial charge in [-0.15, -0.1) is 0 Å². The molecule has 1 aliphatic heterocycles. The summed E-state index contributed by atoms with van der Waals surface area (Å²) in [5.41, 5.74) is 1.88. The van der Waals surface area contributed by atoms with Crippen molar-refractivity contribution in [3.63, 3.8) is 0 Å². The fourth-order valence-electron chi connectivity index (χ4n) is 2.24. The number of anilines is 1. The van der Waals surface area contributed by atoms with Gasteiger partial charge in [0.05, 0.1) is 24.9 Å². The van der Waals surface area contributed by atoms with Gasteiger partial charge in [0.15, 0.2) is 0 Å². The van der Waals surface area contributed by atoms with E-state index in [4.69, 9.17) is 4.74 Å². The van der Waals surface area contributed by atoms with Crippen LogP contribution in [-0.4, -0.2) is 23.8 Å². The number of nitrogens with zero attached hydrogens (tertiary/aromatic N) is 2. The minimum atomic E-state index is -0.517. The molecule has 0 atom stereocenters. The fraction of sp³-hybridized carbons (Fsp3) is 0.133. The Morgan fingerprint density at radius 3 is 2.80 bits per heavy atom. The van der Waals surface area contributed by atoms with Crippen LogP contribution < -0.4 is 9.64 Å². The van der Waals surface area contributed by atoms with E-state index in [1.165, 1.54) is 12.0 Å². The van der Waals surface area contributed by atoms with Gasteiger partial charge in [0.1, 0.15) is 5.75 Å². The van der Waals surface area contributed by atoms with Crippen LogP contribution in [-0.2, 0) is 11.3 Å². The van der Waals surface area contributed by atoms with Crippen molar-refractivity contribution in [2.45, 2.75) is 6.54 Å². The highest BCUT2D eigenvalue weighted by Crippen LogP contribution is 2.32. The van der Waals surface area contributed by atoms with Crippen molar-refractivity contribution in [3.05, 3.63) is 53.9 Å². The molecule has 0 saturated carbocycles. The molecule has 20 heavy (non-hydrogen) atoms. The number of fused-ring (bicyclic) bond motifs is 1. The van der Waals surface area contributed by atoms with E-state index in [0.717, 1.165) is 5.56 Å². The van der Waals surface area contributed by atoms with E-state index in [9.17, 15) is 9.59 Å². The summed E-state index contributed by atoms with van der Waals surface area (Å²) in [7, 11) is 1.52. The number of amides is 1. The van der Waals surface area contributed by atoms with E-state index < -0.39 is 11.7 Å². The fourth-order valence-corrected chi connectivity index (χ4v) is 2.24. The summed E-state index contributed by atoms with van der Waals surface area (Å²) in [6, 6.07) is 8.73. The van der Waals surface area contributed by atoms with Gasteiger partial charge in [-0.05, 0) is 29.8 Å². The summed E-state index contributed by atoms with van der Waals surface area (Å²) in [6.07, 6.45) is 3.35. The average Bonchev–Trinajstić information content (AvgIpc) is 2.73. The van der Waals surface area contributed by atoms with Gasteiger partial charge in [0.25, 0.3) is 11.7 Å². The van der Waals surface area contributed by atoms with Crippen molar-refractivity contribution in [1.82, 2.24) is 4.98 Å². The third-order valence-corrected chi connectivity index (χ3v) is 3.24. The van der Waals surface area contributed by atoms with Gasteiger partial charge in [-0.3, -0.25) is 14.6 Å². The molecule has 0 N–H and O–H groups in total. The number of carbonyl (C=O) groups is 2. The van der Waals surface area contributed by atoms with Crippen molar-refractivity contribution < 1.29 is 14.3 Å². The first-order chi connectivity index (χ1) is 9.70. The zero-order valence-corrected chi connectivity index (χ0v) is 10.9. The first-order valence-electron chi connectivity index (χ1n) is 6.14. The molecule has 2 aromatic rings. The van der Waals surface area contributed by atoms with Gasteiger partial charge in [-0.2, -0.15) is 0 Å². The molecule has 1 aromatic carbocycles. The summed E-state index contributed by atoms with van der Waals surface area (Å²) in [6.45, 7) is 0.331. The number of methoxy groups -OCH3 is 1. The Bertz CT molecular complexity index is 683. The third-order valence-electron chi connectivity index (χ3n) is 3.24. The SMILES string of the molecule is COc1ccc2c(c1)C(=O)C(=O)N2Cc1cccnc1. The van der Waals surface area contributed by atoms with E-state index in [0.29, 0.717) is 23.5 Å². The Hall–Kier alpha value is -2.69. The molecule has 0 aliphatic carbocycles. The van der Waals surface area contributed by atoms with Crippen LogP contribution >= 0.6 is 0 Å². The highest BCUT2D eigenvalue weighted by atomic mass is 16.5. The van der Waals surface area contributed by atoms with Gasteiger partial charge in [-0.1, -0.05) is 6.07 Å². The molecule has 0 unspecified atom stereocenters. The maximum absolute atomic E-state index is 12.1. The highest BCUT2D eigenvalue weighted by Gasteiger charge is 2.36. The van der Waals surface area contributed by atoms with Gasteiger partial charge in [0, 0.05) is 12.4 Å². The van der Waals surface area contributed by atoms with Crippen molar-refractivity contribution >= 4 is 17.4 Å². The molecule has 100 valence electrons. The molecule has 3 rings (SSSR count). The molecule has 5 nitrogen and oxygen atoms in total. The monoisotopic (exact) mass is 268 g/mol. The van der Waals surface area contributed by atoms with Gasteiger partial charge in [-0.25, -0.2) is 0 Å². The lowest BCUT2D eigenvalue weighted by molar-refractivity contribution is -0.114. The molecule has 0 radical (unpaired) electrons. The number of hydrogen-bond acceptors (Lipinski definition) is 4. The second kappa shape index (κ2) is 4.77. The van der Waals surface area contributed by atoms with E-state index in [2.05, 4.69) is 4.98 Å². The van der Waals surface area contributed by atoms with E-state index in [-0.39, 0.29) is 0 Å². The van der Waals surface area contributed by atoms with Gasteiger partial charge in [0.2, 0.25) is 0 Å². The molecule has 1 aromatic heterocycles. The summed E-state index contributed by atoms with van der Waals surface area (Å²) < 4.78 is 5.08. The molecular formula is C15H12N2O3. The zero-order chi connectivity index (χ0) is 14.1. The number of carbonyl (C=O) groups excluding carboxylic acids is 2. The van der Waals surface area contributed by atoms with E-state index >= 15 is 0 Å². The number of ether oxygens (including phenoxy) is 1. The number of hydrogen-bond donors (Lipinski definition) is 0. The second-order valence-electron chi connectivity index (χ2n) is 4.46. The normalized spacial score (nSPS) is 13.6. The Morgan fingerprint density at radius 1 is 1.25 bits per heavy atom. The zero-order valence-electron chi connectivity index (χ0n) is 10.9. The van der Waals surface area contributed by atoms with Crippen LogP contribution in [0.4, 0.5) is 5.69 Å². The molecule has 0 fully saturated rings. The van der Waals surface area contributed by atoms with E-state index in [1.807, 2.05) is 6.07 Å². The van der Waals surface area contributed by atoms with Crippen LogP contribution in [0.1, 0.15) is 15.9 Å². The smallest absolute Gasteiger partial charge is 0.299 e. The largest absolute Gasteiger partial charge is 0.497 e. The molecule has 2 heterocycles. The Labute approximate surface area is 115 Å². The van der Waals surface area contributed by atoms with E-state index in [1.54, 1.807) is 36.7 Å². The standard InChI is InChI=1S/C15H12N2O3/c1-20-11-4-5-13-12(7-11)14(18)15(19)17(13)9-10-3-2-6-16-8-10/h2-8H,9H2,1H3. The second-order valence-corrected chi connectivity index (χ2v) is 4.46. The minimum Gasteiger partial charge on any atom is -0.497 e. The Balaban J connectivity index is 1.98. The Kier molecular flexibility index (Phi) is 2.95. The van der Waals surface area contributed by atoms with Crippen molar-refractivity contribution in [3.8, 4) is 5.75 Å². The van der Waals surface area contributed by atoms with Crippen molar-refractivity contribution in [2.24, 2.45) is 0 Å². The predicted molar refractivity (Wildman–Crippen MR) is 72.8 cm³/mol. The first-order valence-corrected chi connectivity index (χ1v) is 6.14. The maximum atomic E-state index is 12.1. The molecule has 1 aliphatic rings. The molecule has 1 amide bonds. The lowest BCUT2D eigenvalue weighted by atomic mass is 10.1. The number of pyridine rings is 1. The van der Waals surface area contributed by atoms with Crippen molar-refractivity contribution in [2.75, 3.05) is 12.0 Å². The number of aromatic nitrogens is 1. The number of ketones is 1. The topological polar surface area (TPSA) is 59.5 Å². The molecule has 5 heteroatoms. The number of Topliss-reactive ketones (excluding diaryl/α,β-unsaturated/α-hetero) is 1. The van der Waals surface area contributed by atoms with Crippen LogP contribution in [0, 0.1) is 0 Å². The highest BCUT2D eigenvalue weighted by molar-refractivity contribution is 6.52. The van der Waals surface area contributed by atoms with Gasteiger partial charge < -0.3 is 9.64 Å². The van der Waals surface area contributed by atoms with Gasteiger partial charge >= 0.3 is 0 Å². The molecule has 0 bridgehead atoms. The molecule has 0 saturated heterocycles.